The molecule has 4 aromatic rings. The summed E-state index contributed by atoms with van der Waals surface area (Å²) < 4.78 is 4.38. The third-order valence-electron chi connectivity index (χ3n) is 4.57. The fourth-order valence-corrected chi connectivity index (χ4v) is 3.24. The average Bonchev–Trinajstić information content (AvgIpc) is 3.23. The molecule has 0 atom stereocenters. The van der Waals surface area contributed by atoms with Gasteiger partial charge in [-0.1, -0.05) is 36.4 Å². The molecule has 0 radical (unpaired) electrons. The molecule has 0 unspecified atom stereocenters. The zero-order valence-electron chi connectivity index (χ0n) is 15.2. The van der Waals surface area contributed by atoms with Crippen molar-refractivity contribution in [2.75, 3.05) is 7.05 Å². The summed E-state index contributed by atoms with van der Waals surface area (Å²) >= 11 is 0. The second kappa shape index (κ2) is 7.14. The SMILES string of the molecule is Cc1ccc2ncc(CN(C)Cc3nccn3Cc3ccccc3)n2c1. The lowest BCUT2D eigenvalue weighted by Gasteiger charge is -2.17. The van der Waals surface area contributed by atoms with Crippen molar-refractivity contribution in [2.24, 2.45) is 0 Å². The minimum Gasteiger partial charge on any atom is -0.329 e. The van der Waals surface area contributed by atoms with E-state index in [-0.39, 0.29) is 0 Å². The van der Waals surface area contributed by atoms with Gasteiger partial charge in [-0.3, -0.25) is 4.90 Å². The van der Waals surface area contributed by atoms with Gasteiger partial charge in [0.05, 0.1) is 18.4 Å². The molecule has 4 rings (SSSR count). The molecule has 0 spiro atoms. The lowest BCUT2D eigenvalue weighted by atomic mass is 10.2. The van der Waals surface area contributed by atoms with Crippen molar-refractivity contribution < 1.29 is 0 Å². The minimum atomic E-state index is 0.791. The van der Waals surface area contributed by atoms with Gasteiger partial charge in [0, 0.05) is 31.7 Å². The summed E-state index contributed by atoms with van der Waals surface area (Å²) in [6, 6.07) is 14.6. The van der Waals surface area contributed by atoms with Crippen LogP contribution in [0, 0.1) is 6.92 Å². The summed E-state index contributed by atoms with van der Waals surface area (Å²) in [5, 5.41) is 0. The Bertz CT molecular complexity index is 1000. The number of hydrogen-bond acceptors (Lipinski definition) is 3. The van der Waals surface area contributed by atoms with E-state index in [2.05, 4.69) is 80.4 Å². The molecule has 0 amide bonds. The predicted molar refractivity (Wildman–Crippen MR) is 103 cm³/mol. The smallest absolute Gasteiger partial charge is 0.136 e. The molecule has 0 saturated heterocycles. The van der Waals surface area contributed by atoms with Gasteiger partial charge in [0.1, 0.15) is 11.5 Å². The standard InChI is InChI=1S/C21H23N5/c1-17-8-9-20-23-12-19(26(20)13-17)15-24(2)16-21-22-10-11-25(21)14-18-6-4-3-5-7-18/h3-13H,14-16H2,1-2H3. The number of pyridine rings is 1. The van der Waals surface area contributed by atoms with Gasteiger partial charge < -0.3 is 8.97 Å². The van der Waals surface area contributed by atoms with E-state index < -0.39 is 0 Å². The summed E-state index contributed by atoms with van der Waals surface area (Å²) in [5.74, 6) is 1.07. The van der Waals surface area contributed by atoms with Gasteiger partial charge in [-0.15, -0.1) is 0 Å². The van der Waals surface area contributed by atoms with Crippen LogP contribution in [0.4, 0.5) is 0 Å². The Labute approximate surface area is 153 Å². The molecular formula is C21H23N5. The van der Waals surface area contributed by atoms with Crippen molar-refractivity contribution >= 4 is 5.65 Å². The molecule has 3 heterocycles. The van der Waals surface area contributed by atoms with E-state index in [9.17, 15) is 0 Å². The van der Waals surface area contributed by atoms with Crippen LogP contribution in [0.3, 0.4) is 0 Å². The van der Waals surface area contributed by atoms with Crippen LogP contribution < -0.4 is 0 Å². The zero-order chi connectivity index (χ0) is 17.9. The molecule has 26 heavy (non-hydrogen) atoms. The maximum absolute atomic E-state index is 4.56. The molecule has 132 valence electrons. The van der Waals surface area contributed by atoms with Gasteiger partial charge in [-0.05, 0) is 31.2 Å². The summed E-state index contributed by atoms with van der Waals surface area (Å²) in [6.07, 6.45) is 8.03. The van der Waals surface area contributed by atoms with E-state index >= 15 is 0 Å². The van der Waals surface area contributed by atoms with Crippen LogP contribution in [-0.2, 0) is 19.6 Å². The van der Waals surface area contributed by atoms with Gasteiger partial charge in [0.15, 0.2) is 0 Å². The number of aryl methyl sites for hydroxylation is 1. The van der Waals surface area contributed by atoms with E-state index in [1.165, 1.54) is 16.8 Å². The van der Waals surface area contributed by atoms with Crippen molar-refractivity contribution in [1.82, 2.24) is 23.8 Å². The highest BCUT2D eigenvalue weighted by molar-refractivity contribution is 5.41. The van der Waals surface area contributed by atoms with Crippen LogP contribution in [0.5, 0.6) is 0 Å². The molecule has 0 aliphatic heterocycles. The molecule has 0 bridgehead atoms. The molecule has 3 aromatic heterocycles. The fraction of sp³-hybridized carbons (Fsp3) is 0.238. The maximum Gasteiger partial charge on any atom is 0.136 e. The maximum atomic E-state index is 4.56. The Balaban J connectivity index is 1.47. The van der Waals surface area contributed by atoms with E-state index in [0.29, 0.717) is 0 Å². The minimum absolute atomic E-state index is 0.791. The van der Waals surface area contributed by atoms with Crippen LogP contribution in [0.2, 0.25) is 0 Å². The lowest BCUT2D eigenvalue weighted by Crippen LogP contribution is -2.21. The highest BCUT2D eigenvalue weighted by Gasteiger charge is 2.10. The number of fused-ring (bicyclic) bond motifs is 1. The highest BCUT2D eigenvalue weighted by Crippen LogP contribution is 2.13. The highest BCUT2D eigenvalue weighted by atomic mass is 15.2. The molecule has 0 saturated carbocycles. The fourth-order valence-electron chi connectivity index (χ4n) is 3.24. The van der Waals surface area contributed by atoms with Gasteiger partial charge in [-0.2, -0.15) is 0 Å². The van der Waals surface area contributed by atoms with Crippen molar-refractivity contribution in [3.63, 3.8) is 0 Å². The molecule has 5 heteroatoms. The Morgan fingerprint density at radius 2 is 1.85 bits per heavy atom. The van der Waals surface area contributed by atoms with Gasteiger partial charge in [0.2, 0.25) is 0 Å². The van der Waals surface area contributed by atoms with Gasteiger partial charge in [0.25, 0.3) is 0 Å². The van der Waals surface area contributed by atoms with E-state index in [1.807, 2.05) is 24.7 Å². The molecule has 0 aliphatic carbocycles. The molecule has 0 fully saturated rings. The van der Waals surface area contributed by atoms with Crippen molar-refractivity contribution in [3.05, 3.63) is 89.9 Å². The first kappa shape index (κ1) is 16.5. The third-order valence-corrected chi connectivity index (χ3v) is 4.57. The third kappa shape index (κ3) is 3.53. The zero-order valence-corrected chi connectivity index (χ0v) is 15.2. The Morgan fingerprint density at radius 3 is 2.69 bits per heavy atom. The number of rotatable bonds is 6. The van der Waals surface area contributed by atoms with E-state index in [0.717, 1.165) is 31.1 Å². The molecule has 0 aliphatic rings. The van der Waals surface area contributed by atoms with E-state index in [4.69, 9.17) is 0 Å². The van der Waals surface area contributed by atoms with Crippen LogP contribution >= 0.6 is 0 Å². The Hall–Kier alpha value is -2.92. The van der Waals surface area contributed by atoms with Gasteiger partial charge >= 0.3 is 0 Å². The number of hydrogen-bond donors (Lipinski definition) is 0. The number of benzene rings is 1. The summed E-state index contributed by atoms with van der Waals surface area (Å²) in [7, 11) is 2.12. The molecule has 0 N–H and O–H groups in total. The normalized spacial score (nSPS) is 11.5. The first-order valence-electron chi connectivity index (χ1n) is 8.84. The summed E-state index contributed by atoms with van der Waals surface area (Å²) in [6.45, 7) is 4.56. The van der Waals surface area contributed by atoms with Crippen molar-refractivity contribution in [2.45, 2.75) is 26.6 Å². The second-order valence-electron chi connectivity index (χ2n) is 6.81. The summed E-state index contributed by atoms with van der Waals surface area (Å²) in [5.41, 5.74) is 4.70. The lowest BCUT2D eigenvalue weighted by molar-refractivity contribution is 0.301. The topological polar surface area (TPSA) is 38.4 Å². The Morgan fingerprint density at radius 1 is 1.00 bits per heavy atom. The quantitative estimate of drug-likeness (QED) is 0.537. The first-order valence-corrected chi connectivity index (χ1v) is 8.84. The van der Waals surface area contributed by atoms with E-state index in [1.54, 1.807) is 0 Å². The largest absolute Gasteiger partial charge is 0.329 e. The van der Waals surface area contributed by atoms with Crippen molar-refractivity contribution in [3.8, 4) is 0 Å². The number of nitrogens with zero attached hydrogens (tertiary/aromatic N) is 5. The van der Waals surface area contributed by atoms with Gasteiger partial charge in [-0.25, -0.2) is 9.97 Å². The molecular weight excluding hydrogens is 322 g/mol. The predicted octanol–water partition coefficient (Wildman–Crippen LogP) is 3.52. The average molecular weight is 345 g/mol. The number of imidazole rings is 2. The van der Waals surface area contributed by atoms with Crippen LogP contribution in [0.15, 0.2) is 67.3 Å². The Kier molecular flexibility index (Phi) is 4.54. The van der Waals surface area contributed by atoms with Crippen molar-refractivity contribution in [1.29, 1.82) is 0 Å². The molecule has 1 aromatic carbocycles. The monoisotopic (exact) mass is 345 g/mol. The second-order valence-corrected chi connectivity index (χ2v) is 6.81. The number of aromatic nitrogens is 4. The van der Waals surface area contributed by atoms with Crippen LogP contribution in [-0.4, -0.2) is 30.9 Å². The van der Waals surface area contributed by atoms with Crippen LogP contribution in [0.1, 0.15) is 22.6 Å². The first-order chi connectivity index (χ1) is 12.7. The van der Waals surface area contributed by atoms with Crippen LogP contribution in [0.25, 0.3) is 5.65 Å². The summed E-state index contributed by atoms with van der Waals surface area (Å²) in [4.78, 5) is 11.3. The molecule has 5 nitrogen and oxygen atoms in total.